The van der Waals surface area contributed by atoms with Crippen molar-refractivity contribution in [1.82, 2.24) is 19.0 Å². The van der Waals surface area contributed by atoms with Gasteiger partial charge in [0.15, 0.2) is 17.4 Å². The van der Waals surface area contributed by atoms with Gasteiger partial charge >= 0.3 is 0 Å². The van der Waals surface area contributed by atoms with Crippen LogP contribution in [0.3, 0.4) is 0 Å². The predicted octanol–water partition coefficient (Wildman–Crippen LogP) is 1.82. The van der Waals surface area contributed by atoms with Crippen LogP contribution in [0.2, 0.25) is 0 Å². The van der Waals surface area contributed by atoms with E-state index in [1.54, 1.807) is 35.6 Å². The van der Waals surface area contributed by atoms with Gasteiger partial charge in [-0.3, -0.25) is 14.9 Å². The topological polar surface area (TPSA) is 112 Å². The molecule has 1 aliphatic rings. The van der Waals surface area contributed by atoms with Gasteiger partial charge in [-0.25, -0.2) is 31.3 Å². The molecule has 3 rings (SSSR count). The molecular weight excluding hydrogens is 542 g/mol. The Hall–Kier alpha value is -2.33. The van der Waals surface area contributed by atoms with Crippen molar-refractivity contribution in [2.75, 3.05) is 65.3 Å². The zero-order chi connectivity index (χ0) is 27.7. The van der Waals surface area contributed by atoms with Gasteiger partial charge in [-0.1, -0.05) is 17.7 Å². The molecule has 2 aromatic carbocycles. The van der Waals surface area contributed by atoms with Crippen LogP contribution in [0, 0.1) is 18.6 Å². The largest absolute Gasteiger partial charge is 0.451 e. The number of ether oxygens (including phenoxy) is 2. The van der Waals surface area contributed by atoms with E-state index in [1.807, 2.05) is 6.92 Å². The quantitative estimate of drug-likeness (QED) is 0.277. The number of benzene rings is 2. The molecule has 2 atom stereocenters. The predicted molar refractivity (Wildman–Crippen MR) is 138 cm³/mol. The number of amides is 1. The van der Waals surface area contributed by atoms with Gasteiger partial charge in [0.1, 0.15) is 16.7 Å². The van der Waals surface area contributed by atoms with Crippen LogP contribution >= 0.6 is 0 Å². The fourth-order valence-electron chi connectivity index (χ4n) is 3.57. The molecule has 1 saturated heterocycles. The molecule has 0 radical (unpaired) electrons. The lowest BCUT2D eigenvalue weighted by Gasteiger charge is -2.27. The van der Waals surface area contributed by atoms with Gasteiger partial charge in [0.2, 0.25) is 0 Å². The second-order valence-electron chi connectivity index (χ2n) is 8.61. The number of carbonyl (C=O) groups excluding carboxylic acids is 1. The van der Waals surface area contributed by atoms with Crippen molar-refractivity contribution >= 4 is 27.9 Å². The van der Waals surface area contributed by atoms with Crippen LogP contribution in [0.1, 0.15) is 5.56 Å². The Labute approximate surface area is 225 Å². The van der Waals surface area contributed by atoms with E-state index in [-0.39, 0.29) is 23.7 Å². The number of carbonyl (C=O) groups is 1. The van der Waals surface area contributed by atoms with Crippen LogP contribution in [0.15, 0.2) is 41.3 Å². The van der Waals surface area contributed by atoms with Crippen molar-refractivity contribution in [3.05, 3.63) is 53.6 Å². The maximum atomic E-state index is 14.8. The van der Waals surface area contributed by atoms with E-state index < -0.39 is 51.8 Å². The third-order valence-corrected chi connectivity index (χ3v) is 8.62. The number of hydrogen-bond donors (Lipinski definition) is 2. The second-order valence-corrected chi connectivity index (χ2v) is 11.8. The average Bonchev–Trinajstić information content (AvgIpc) is 2.92. The zero-order valence-electron chi connectivity index (χ0n) is 21.2. The van der Waals surface area contributed by atoms with Crippen LogP contribution in [0.5, 0.6) is 11.5 Å². The highest BCUT2D eigenvalue weighted by Gasteiger charge is 2.24. The maximum absolute atomic E-state index is 14.8. The Kier molecular flexibility index (Phi) is 11.7. The summed E-state index contributed by atoms with van der Waals surface area (Å²) in [6, 6.07) is 8.33. The summed E-state index contributed by atoms with van der Waals surface area (Å²) in [5.41, 5.74) is 2.41. The van der Waals surface area contributed by atoms with E-state index in [4.69, 9.17) is 14.7 Å². The third kappa shape index (κ3) is 8.86. The van der Waals surface area contributed by atoms with Gasteiger partial charge in [0, 0.05) is 32.7 Å². The van der Waals surface area contributed by atoms with Crippen molar-refractivity contribution in [2.45, 2.75) is 11.8 Å². The van der Waals surface area contributed by atoms with Gasteiger partial charge in [0.25, 0.3) is 5.91 Å². The van der Waals surface area contributed by atoms with Gasteiger partial charge in [-0.05, 0) is 38.2 Å². The van der Waals surface area contributed by atoms with Crippen molar-refractivity contribution in [2.24, 2.45) is 0 Å². The summed E-state index contributed by atoms with van der Waals surface area (Å²) in [5.74, 6) is -3.04. The highest BCUT2D eigenvalue weighted by atomic mass is 32.2. The maximum Gasteiger partial charge on any atom is 0.258 e. The third-order valence-electron chi connectivity index (χ3n) is 5.79. The first-order valence-corrected chi connectivity index (χ1v) is 14.3. The minimum Gasteiger partial charge on any atom is -0.451 e. The minimum absolute atomic E-state index is 0.0370. The lowest BCUT2D eigenvalue weighted by molar-refractivity contribution is -0.129. The fraction of sp³-hybridized carbons (Fsp3) is 0.458. The number of hydroxylamine groups is 1. The summed E-state index contributed by atoms with van der Waals surface area (Å²) in [4.78, 5) is 13.7. The molecular formula is C24H32F2N4O6S2. The number of rotatable bonds is 13. The highest BCUT2D eigenvalue weighted by molar-refractivity contribution is 7.83. The molecule has 0 bridgehead atoms. The summed E-state index contributed by atoms with van der Waals surface area (Å²) < 4.78 is 68.8. The van der Waals surface area contributed by atoms with E-state index in [9.17, 15) is 22.0 Å². The van der Waals surface area contributed by atoms with Crippen molar-refractivity contribution in [3.8, 4) is 11.5 Å². The average molecular weight is 575 g/mol. The number of morpholine rings is 1. The number of aryl methyl sites for hydroxylation is 1. The van der Waals surface area contributed by atoms with Gasteiger partial charge in [-0.15, -0.1) is 0 Å². The smallest absolute Gasteiger partial charge is 0.258 e. The Morgan fingerprint density at radius 1 is 1.13 bits per heavy atom. The van der Waals surface area contributed by atoms with Crippen LogP contribution in [-0.2, 0) is 31.5 Å². The molecule has 38 heavy (non-hydrogen) atoms. The van der Waals surface area contributed by atoms with Gasteiger partial charge in [-0.2, -0.15) is 0 Å². The molecule has 0 aromatic heterocycles. The fourth-order valence-corrected chi connectivity index (χ4v) is 5.77. The number of hydrogen-bond acceptors (Lipinski definition) is 7. The molecule has 1 aliphatic heterocycles. The van der Waals surface area contributed by atoms with Crippen LogP contribution in [0.4, 0.5) is 8.78 Å². The van der Waals surface area contributed by atoms with E-state index >= 15 is 0 Å². The molecule has 14 heteroatoms. The number of likely N-dealkylation sites (N-methyl/N-ethyl adjacent to an activating group) is 1. The summed E-state index contributed by atoms with van der Waals surface area (Å²) >= 11 is 0. The molecule has 1 fully saturated rings. The van der Waals surface area contributed by atoms with Crippen molar-refractivity contribution in [1.29, 1.82) is 0 Å². The summed E-state index contributed by atoms with van der Waals surface area (Å²) in [6.07, 6.45) is 0. The number of halogens is 2. The number of nitrogens with one attached hydrogen (secondary N) is 1. The van der Waals surface area contributed by atoms with E-state index in [0.29, 0.717) is 25.5 Å². The summed E-state index contributed by atoms with van der Waals surface area (Å²) in [7, 11) is -1.90. The molecule has 10 nitrogen and oxygen atoms in total. The monoisotopic (exact) mass is 574 g/mol. The lowest BCUT2D eigenvalue weighted by Crippen LogP contribution is -2.42. The molecule has 210 valence electrons. The Morgan fingerprint density at radius 2 is 1.76 bits per heavy atom. The van der Waals surface area contributed by atoms with E-state index in [0.717, 1.165) is 35.1 Å². The molecule has 1 amide bonds. The molecule has 2 unspecified atom stereocenters. The molecule has 0 spiro atoms. The van der Waals surface area contributed by atoms with Crippen molar-refractivity contribution < 1.29 is 36.7 Å². The lowest BCUT2D eigenvalue weighted by atomic mass is 10.2. The Morgan fingerprint density at radius 3 is 2.37 bits per heavy atom. The molecule has 0 aliphatic carbocycles. The SMILES string of the molecule is Cc1ccc(Oc2c(F)cc(S(=O)N(CCN(C)S(=O)CCN3CCOCC3)CC(=O)NO)cc2F)cc1. The van der Waals surface area contributed by atoms with Gasteiger partial charge in [0.05, 0.1) is 41.4 Å². The van der Waals surface area contributed by atoms with Crippen molar-refractivity contribution in [3.63, 3.8) is 0 Å². The molecule has 1 heterocycles. The normalized spacial score (nSPS) is 16.0. The summed E-state index contributed by atoms with van der Waals surface area (Å²) in [5, 5.41) is 8.94. The first kappa shape index (κ1) is 30.2. The minimum atomic E-state index is -2.18. The molecule has 2 N–H and O–H groups in total. The Bertz CT molecular complexity index is 1110. The van der Waals surface area contributed by atoms with Crippen LogP contribution < -0.4 is 10.2 Å². The second kappa shape index (κ2) is 14.7. The number of nitrogens with zero attached hydrogens (tertiary/aromatic N) is 3. The standard InChI is InChI=1S/C24H32F2N4O6S2/c1-18-3-5-19(6-4-18)36-24-21(25)15-20(16-22(24)26)38(34)30(17-23(31)27-32)8-7-28(2)37(33)14-11-29-9-12-35-13-10-29/h3-6,15-16,32H,7-14,17H2,1-2H3,(H,27,31). The highest BCUT2D eigenvalue weighted by Crippen LogP contribution is 2.30. The molecule has 0 saturated carbocycles. The first-order valence-electron chi connectivity index (χ1n) is 11.9. The van der Waals surface area contributed by atoms with Crippen LogP contribution in [0.25, 0.3) is 0 Å². The zero-order valence-corrected chi connectivity index (χ0v) is 22.9. The molecule has 2 aromatic rings. The first-order chi connectivity index (χ1) is 18.2. The van der Waals surface area contributed by atoms with E-state index in [1.165, 1.54) is 5.48 Å². The van der Waals surface area contributed by atoms with E-state index in [2.05, 4.69) is 4.90 Å². The Balaban J connectivity index is 1.66. The van der Waals surface area contributed by atoms with Gasteiger partial charge < -0.3 is 9.47 Å². The van der Waals surface area contributed by atoms with Crippen LogP contribution in [-0.4, -0.2) is 98.3 Å². The summed E-state index contributed by atoms with van der Waals surface area (Å²) in [6.45, 7) is 4.87.